The van der Waals surface area contributed by atoms with Gasteiger partial charge in [0.25, 0.3) is 0 Å². The summed E-state index contributed by atoms with van der Waals surface area (Å²) in [7, 11) is 4.13. The number of carbonyl (C=O) groups excluding carboxylic acids is 1. The molecule has 0 saturated heterocycles. The lowest BCUT2D eigenvalue weighted by atomic mass is 9.87. The Balaban J connectivity index is 1.54. The second kappa shape index (κ2) is 8.00. The molecular weight excluding hydrogens is 266 g/mol. The maximum atomic E-state index is 11.7. The highest BCUT2D eigenvalue weighted by Gasteiger charge is 2.30. The van der Waals surface area contributed by atoms with Gasteiger partial charge in [-0.25, -0.2) is 4.79 Å². The first-order valence-corrected chi connectivity index (χ1v) is 7.49. The van der Waals surface area contributed by atoms with Crippen LogP contribution >= 0.6 is 0 Å². The molecule has 1 aliphatic rings. The number of rotatable bonds is 7. The quantitative estimate of drug-likeness (QED) is 0.801. The molecule has 0 heterocycles. The van der Waals surface area contributed by atoms with Crippen LogP contribution in [-0.4, -0.2) is 50.3 Å². The van der Waals surface area contributed by atoms with E-state index in [4.69, 9.17) is 4.74 Å². The van der Waals surface area contributed by atoms with Crippen LogP contribution in [0.4, 0.5) is 4.79 Å². The van der Waals surface area contributed by atoms with E-state index in [1.807, 2.05) is 30.3 Å². The molecule has 0 bridgehead atoms. The Bertz CT molecular complexity index is 430. The van der Waals surface area contributed by atoms with Gasteiger partial charge in [-0.2, -0.15) is 0 Å². The second-order valence-electron chi connectivity index (χ2n) is 5.83. The van der Waals surface area contributed by atoms with Crippen molar-refractivity contribution in [1.29, 1.82) is 0 Å². The van der Waals surface area contributed by atoms with Crippen molar-refractivity contribution in [2.75, 3.05) is 27.2 Å². The lowest BCUT2D eigenvalue weighted by molar-refractivity contribution is 0.125. The van der Waals surface area contributed by atoms with Gasteiger partial charge >= 0.3 is 6.09 Å². The van der Waals surface area contributed by atoms with Gasteiger partial charge in [-0.3, -0.25) is 0 Å². The molecule has 0 spiro atoms. The van der Waals surface area contributed by atoms with Crippen molar-refractivity contribution >= 4 is 6.09 Å². The van der Waals surface area contributed by atoms with Crippen LogP contribution in [0.1, 0.15) is 18.4 Å². The summed E-state index contributed by atoms with van der Waals surface area (Å²) in [6, 6.07) is 10.5. The molecule has 5 heteroatoms. The second-order valence-corrected chi connectivity index (χ2v) is 5.83. The summed E-state index contributed by atoms with van der Waals surface area (Å²) in [5.41, 5.74) is 1.00. The maximum absolute atomic E-state index is 11.7. The lowest BCUT2D eigenvalue weighted by Gasteiger charge is -2.36. The van der Waals surface area contributed by atoms with E-state index in [9.17, 15) is 4.79 Å². The number of nitrogens with one attached hydrogen (secondary N) is 2. The summed E-state index contributed by atoms with van der Waals surface area (Å²) >= 11 is 0. The van der Waals surface area contributed by atoms with Gasteiger partial charge in [0.1, 0.15) is 6.61 Å². The van der Waals surface area contributed by atoms with Gasteiger partial charge in [-0.05, 0) is 32.5 Å². The Hall–Kier alpha value is -1.59. The highest BCUT2D eigenvalue weighted by Crippen LogP contribution is 2.19. The van der Waals surface area contributed by atoms with E-state index < -0.39 is 0 Å². The van der Waals surface area contributed by atoms with Crippen LogP contribution < -0.4 is 10.6 Å². The summed E-state index contributed by atoms with van der Waals surface area (Å²) in [5.74, 6) is 0. The van der Waals surface area contributed by atoms with E-state index in [1.54, 1.807) is 0 Å². The van der Waals surface area contributed by atoms with E-state index in [1.165, 1.54) is 0 Å². The molecule has 0 aromatic heterocycles. The number of amides is 1. The fraction of sp³-hybridized carbons (Fsp3) is 0.562. The van der Waals surface area contributed by atoms with Gasteiger partial charge in [0.2, 0.25) is 0 Å². The summed E-state index contributed by atoms with van der Waals surface area (Å²) in [5, 5.41) is 6.38. The minimum Gasteiger partial charge on any atom is -0.445 e. The maximum Gasteiger partial charge on any atom is 0.407 e. The topological polar surface area (TPSA) is 53.6 Å². The number of alkyl carbamates (subject to hydrolysis) is 1. The fourth-order valence-electron chi connectivity index (χ4n) is 2.33. The third kappa shape index (κ3) is 5.73. The monoisotopic (exact) mass is 291 g/mol. The van der Waals surface area contributed by atoms with Crippen LogP contribution in [-0.2, 0) is 11.3 Å². The molecule has 1 saturated carbocycles. The zero-order chi connectivity index (χ0) is 15.1. The molecule has 2 rings (SSSR count). The van der Waals surface area contributed by atoms with Crippen LogP contribution in [0, 0.1) is 0 Å². The van der Waals surface area contributed by atoms with Gasteiger partial charge in [-0.1, -0.05) is 30.3 Å². The number of carbonyl (C=O) groups is 1. The van der Waals surface area contributed by atoms with Crippen LogP contribution in [0.2, 0.25) is 0 Å². The van der Waals surface area contributed by atoms with Gasteiger partial charge < -0.3 is 20.3 Å². The zero-order valence-corrected chi connectivity index (χ0v) is 12.8. The van der Waals surface area contributed by atoms with Crippen LogP contribution in [0.25, 0.3) is 0 Å². The smallest absolute Gasteiger partial charge is 0.407 e. The minimum atomic E-state index is -0.324. The molecule has 0 aliphatic heterocycles. The van der Waals surface area contributed by atoms with Crippen molar-refractivity contribution in [1.82, 2.24) is 15.5 Å². The predicted octanol–water partition coefficient (Wildman–Crippen LogP) is 1.59. The van der Waals surface area contributed by atoms with Gasteiger partial charge in [-0.15, -0.1) is 0 Å². The van der Waals surface area contributed by atoms with Crippen molar-refractivity contribution < 1.29 is 9.53 Å². The molecule has 0 unspecified atom stereocenters. The number of likely N-dealkylation sites (N-methyl/N-ethyl adjacent to an activating group) is 1. The van der Waals surface area contributed by atoms with Gasteiger partial charge in [0.15, 0.2) is 0 Å². The Morgan fingerprint density at radius 1 is 1.24 bits per heavy atom. The average Bonchev–Trinajstić information content (AvgIpc) is 2.43. The van der Waals surface area contributed by atoms with Crippen molar-refractivity contribution in [3.8, 4) is 0 Å². The molecule has 1 aromatic carbocycles. The summed E-state index contributed by atoms with van der Waals surface area (Å²) < 4.78 is 5.21. The molecule has 1 aromatic rings. The Morgan fingerprint density at radius 2 is 1.95 bits per heavy atom. The lowest BCUT2D eigenvalue weighted by Crippen LogP contribution is -2.53. The van der Waals surface area contributed by atoms with Crippen LogP contribution in [0.5, 0.6) is 0 Å². The van der Waals surface area contributed by atoms with E-state index in [0.29, 0.717) is 12.6 Å². The fourth-order valence-corrected chi connectivity index (χ4v) is 2.33. The SMILES string of the molecule is CN(C)CCNC1CC(NC(=O)OCc2ccccc2)C1. The first-order valence-electron chi connectivity index (χ1n) is 7.49. The minimum absolute atomic E-state index is 0.241. The standard InChI is InChI=1S/C16H25N3O2/c1-19(2)9-8-17-14-10-15(11-14)18-16(20)21-12-13-6-4-3-5-7-13/h3-7,14-15,17H,8-12H2,1-2H3,(H,18,20). The molecular formula is C16H25N3O2. The number of hydrogen-bond acceptors (Lipinski definition) is 4. The molecule has 2 N–H and O–H groups in total. The number of hydrogen-bond donors (Lipinski definition) is 2. The number of ether oxygens (including phenoxy) is 1. The van der Waals surface area contributed by atoms with E-state index in [2.05, 4.69) is 29.6 Å². The van der Waals surface area contributed by atoms with Gasteiger partial charge in [0.05, 0.1) is 0 Å². The van der Waals surface area contributed by atoms with E-state index >= 15 is 0 Å². The van der Waals surface area contributed by atoms with Crippen LogP contribution in [0.15, 0.2) is 30.3 Å². The Kier molecular flexibility index (Phi) is 6.02. The van der Waals surface area contributed by atoms with E-state index in [0.717, 1.165) is 31.5 Å². The third-order valence-electron chi connectivity index (χ3n) is 3.66. The summed E-state index contributed by atoms with van der Waals surface area (Å²) in [4.78, 5) is 13.8. The first-order chi connectivity index (χ1) is 10.1. The predicted molar refractivity (Wildman–Crippen MR) is 83.1 cm³/mol. The molecule has 5 nitrogen and oxygen atoms in total. The van der Waals surface area contributed by atoms with Crippen molar-refractivity contribution in [2.45, 2.75) is 31.5 Å². The molecule has 116 valence electrons. The number of benzene rings is 1. The molecule has 21 heavy (non-hydrogen) atoms. The number of nitrogens with zero attached hydrogens (tertiary/aromatic N) is 1. The van der Waals surface area contributed by atoms with Crippen molar-refractivity contribution in [2.24, 2.45) is 0 Å². The highest BCUT2D eigenvalue weighted by atomic mass is 16.5. The first kappa shape index (κ1) is 15.8. The Labute approximate surface area is 126 Å². The average molecular weight is 291 g/mol. The largest absolute Gasteiger partial charge is 0.445 e. The Morgan fingerprint density at radius 3 is 2.62 bits per heavy atom. The van der Waals surface area contributed by atoms with E-state index in [-0.39, 0.29) is 12.1 Å². The normalized spacial score (nSPS) is 20.9. The molecule has 1 aliphatic carbocycles. The summed E-state index contributed by atoms with van der Waals surface area (Å²) in [6.07, 6.45) is 1.64. The highest BCUT2D eigenvalue weighted by molar-refractivity contribution is 5.67. The molecule has 0 atom stereocenters. The molecule has 1 fully saturated rings. The zero-order valence-electron chi connectivity index (χ0n) is 12.8. The molecule has 1 amide bonds. The summed E-state index contributed by atoms with van der Waals surface area (Å²) in [6.45, 7) is 2.35. The third-order valence-corrected chi connectivity index (χ3v) is 3.66. The van der Waals surface area contributed by atoms with Gasteiger partial charge in [0, 0.05) is 25.2 Å². The molecule has 0 radical (unpaired) electrons. The van der Waals surface area contributed by atoms with Crippen LogP contribution in [0.3, 0.4) is 0 Å². The van der Waals surface area contributed by atoms with Crippen molar-refractivity contribution in [3.05, 3.63) is 35.9 Å². The van der Waals surface area contributed by atoms with Crippen molar-refractivity contribution in [3.63, 3.8) is 0 Å².